The summed E-state index contributed by atoms with van der Waals surface area (Å²) in [6.45, 7) is 0. The van der Waals surface area contributed by atoms with Crippen LogP contribution < -0.4 is 4.74 Å². The van der Waals surface area contributed by atoms with E-state index < -0.39 is 17.5 Å². The first-order valence-electron chi connectivity index (χ1n) is 11.9. The number of fused-ring (bicyclic) bond motifs is 4. The summed E-state index contributed by atoms with van der Waals surface area (Å²) in [6, 6.07) is 3.25. The van der Waals surface area contributed by atoms with Crippen LogP contribution >= 0.6 is 0 Å². The largest absolute Gasteiger partial charge is 0.494 e. The quantitative estimate of drug-likeness (QED) is 0.382. The van der Waals surface area contributed by atoms with Gasteiger partial charge >= 0.3 is 0 Å². The number of halogens is 3. The molecule has 0 unspecified atom stereocenters. The standard InChI is InChI=1S/C26H23F3N6O2/c1-33-24(14-9-18(27)22(29)19(28)10-14)16-11-15-5-3-6-20(23(16)32-33)35(15)26(36)17-12-30-13-21(25(17)37-2)34-8-4-7-31-34/h4,7-10,12-13,15,20H,3,5-6,11H2,1-2H3/t15-,20+/m1/s1. The lowest BCUT2D eigenvalue weighted by molar-refractivity contribution is 0.0388. The maximum Gasteiger partial charge on any atom is 0.260 e. The lowest BCUT2D eigenvalue weighted by atomic mass is 9.81. The maximum absolute atomic E-state index is 14.1. The third-order valence-corrected chi connectivity index (χ3v) is 7.23. The van der Waals surface area contributed by atoms with E-state index in [1.165, 1.54) is 13.3 Å². The molecule has 5 heterocycles. The summed E-state index contributed by atoms with van der Waals surface area (Å²) in [5, 5.41) is 8.92. The van der Waals surface area contributed by atoms with Crippen molar-refractivity contribution in [3.63, 3.8) is 0 Å². The Kier molecular flexibility index (Phi) is 5.50. The monoisotopic (exact) mass is 508 g/mol. The number of methoxy groups -OCH3 is 1. The summed E-state index contributed by atoms with van der Waals surface area (Å²) >= 11 is 0. The van der Waals surface area contributed by atoms with Gasteiger partial charge in [0.2, 0.25) is 0 Å². The van der Waals surface area contributed by atoms with Crippen LogP contribution in [0.15, 0.2) is 43.0 Å². The molecule has 3 aromatic heterocycles. The SMILES string of the molecule is COc1c(C(=O)N2[C@@H]3CCC[C@H]2c2nn(C)c(-c4cc(F)c(F)c(F)c4)c2C3)cncc1-n1cccn1. The van der Waals surface area contributed by atoms with Crippen LogP contribution in [0.25, 0.3) is 16.9 Å². The van der Waals surface area contributed by atoms with Crippen LogP contribution in [0.3, 0.4) is 0 Å². The first-order chi connectivity index (χ1) is 17.9. The van der Waals surface area contributed by atoms with E-state index in [9.17, 15) is 18.0 Å². The summed E-state index contributed by atoms with van der Waals surface area (Å²) < 4.78 is 50.5. The molecule has 1 fully saturated rings. The highest BCUT2D eigenvalue weighted by Gasteiger charge is 2.44. The molecule has 37 heavy (non-hydrogen) atoms. The predicted octanol–water partition coefficient (Wildman–Crippen LogP) is 4.39. The highest BCUT2D eigenvalue weighted by Crippen LogP contribution is 2.46. The van der Waals surface area contributed by atoms with Gasteiger partial charge in [-0.3, -0.25) is 14.5 Å². The van der Waals surface area contributed by atoms with E-state index in [0.29, 0.717) is 41.2 Å². The van der Waals surface area contributed by atoms with Crippen molar-refractivity contribution in [2.45, 2.75) is 37.8 Å². The van der Waals surface area contributed by atoms with Gasteiger partial charge in [0.05, 0.1) is 30.7 Å². The molecule has 8 nitrogen and oxygen atoms in total. The van der Waals surface area contributed by atoms with Crippen molar-refractivity contribution < 1.29 is 22.7 Å². The molecule has 2 bridgehead atoms. The number of hydrogen-bond donors (Lipinski definition) is 0. The Morgan fingerprint density at radius 3 is 2.62 bits per heavy atom. The van der Waals surface area contributed by atoms with Crippen molar-refractivity contribution in [3.05, 3.63) is 77.3 Å². The predicted molar refractivity (Wildman–Crippen MR) is 127 cm³/mol. The van der Waals surface area contributed by atoms with Crippen molar-refractivity contribution in [3.8, 4) is 22.7 Å². The number of benzene rings is 1. The molecule has 190 valence electrons. The number of ether oxygens (including phenoxy) is 1. The summed E-state index contributed by atoms with van der Waals surface area (Å²) in [7, 11) is 3.18. The average Bonchev–Trinajstić information content (AvgIpc) is 3.54. The van der Waals surface area contributed by atoms with Gasteiger partial charge in [0, 0.05) is 42.8 Å². The fraction of sp³-hybridized carbons (Fsp3) is 0.308. The maximum atomic E-state index is 14.1. The van der Waals surface area contributed by atoms with Gasteiger partial charge in [0.15, 0.2) is 23.2 Å². The molecule has 2 atom stereocenters. The summed E-state index contributed by atoms with van der Waals surface area (Å²) in [5.41, 5.74) is 3.10. The first-order valence-corrected chi connectivity index (χ1v) is 11.9. The van der Waals surface area contributed by atoms with E-state index in [2.05, 4.69) is 15.2 Å². The number of pyridine rings is 1. The fourth-order valence-corrected chi connectivity index (χ4v) is 5.72. The van der Waals surface area contributed by atoms with Crippen molar-refractivity contribution in [2.75, 3.05) is 7.11 Å². The molecule has 0 spiro atoms. The van der Waals surface area contributed by atoms with Crippen molar-refractivity contribution >= 4 is 5.91 Å². The summed E-state index contributed by atoms with van der Waals surface area (Å²) in [6.07, 6.45) is 9.26. The molecule has 0 aliphatic carbocycles. The molecular weight excluding hydrogens is 485 g/mol. The Morgan fingerprint density at radius 2 is 1.92 bits per heavy atom. The van der Waals surface area contributed by atoms with Crippen LogP contribution in [0, 0.1) is 17.5 Å². The van der Waals surface area contributed by atoms with Gasteiger partial charge in [0.1, 0.15) is 11.3 Å². The van der Waals surface area contributed by atoms with Crippen LogP contribution in [-0.2, 0) is 13.5 Å². The number of aryl methyl sites for hydroxylation is 1. The van der Waals surface area contributed by atoms with E-state index >= 15 is 0 Å². The Bertz CT molecular complexity index is 1490. The third-order valence-electron chi connectivity index (χ3n) is 7.23. The van der Waals surface area contributed by atoms with Crippen LogP contribution in [0.5, 0.6) is 5.75 Å². The highest BCUT2D eigenvalue weighted by atomic mass is 19.2. The van der Waals surface area contributed by atoms with E-state index in [-0.39, 0.29) is 23.6 Å². The summed E-state index contributed by atoms with van der Waals surface area (Å²) in [4.78, 5) is 20.1. The van der Waals surface area contributed by atoms with Gasteiger partial charge < -0.3 is 9.64 Å². The molecule has 4 aromatic rings. The van der Waals surface area contributed by atoms with E-state index in [1.54, 1.807) is 41.1 Å². The molecule has 2 aliphatic rings. The second kappa shape index (κ2) is 8.75. The Hall–Kier alpha value is -4.15. The molecular formula is C26H23F3N6O2. The number of nitrogens with zero attached hydrogens (tertiary/aromatic N) is 6. The van der Waals surface area contributed by atoms with Crippen molar-refractivity contribution in [1.82, 2.24) is 29.4 Å². The second-order valence-electron chi connectivity index (χ2n) is 9.30. The minimum absolute atomic E-state index is 0.157. The molecule has 6 rings (SSSR count). The Balaban J connectivity index is 1.43. The number of piperidine rings is 1. The van der Waals surface area contributed by atoms with Crippen LogP contribution in [-0.4, -0.2) is 48.5 Å². The van der Waals surface area contributed by atoms with Crippen molar-refractivity contribution in [1.29, 1.82) is 0 Å². The molecule has 1 aromatic carbocycles. The number of amides is 1. The van der Waals surface area contributed by atoms with E-state index in [4.69, 9.17) is 4.74 Å². The number of aromatic nitrogens is 5. The zero-order chi connectivity index (χ0) is 25.8. The average molecular weight is 509 g/mol. The zero-order valence-electron chi connectivity index (χ0n) is 20.2. The number of rotatable bonds is 4. The van der Waals surface area contributed by atoms with Crippen LogP contribution in [0.4, 0.5) is 13.2 Å². The molecule has 0 radical (unpaired) electrons. The Morgan fingerprint density at radius 1 is 1.14 bits per heavy atom. The van der Waals surface area contributed by atoms with E-state index in [1.807, 2.05) is 4.90 Å². The molecule has 2 aliphatic heterocycles. The summed E-state index contributed by atoms with van der Waals surface area (Å²) in [5.74, 6) is -3.88. The number of carbonyl (C=O) groups excluding carboxylic acids is 1. The topological polar surface area (TPSA) is 78.1 Å². The fourth-order valence-electron chi connectivity index (χ4n) is 5.72. The van der Waals surface area contributed by atoms with Gasteiger partial charge in [-0.25, -0.2) is 17.9 Å². The van der Waals surface area contributed by atoms with Crippen molar-refractivity contribution in [2.24, 2.45) is 7.05 Å². The van der Waals surface area contributed by atoms with Gasteiger partial charge in [-0.1, -0.05) is 0 Å². The van der Waals surface area contributed by atoms with Crippen LogP contribution in [0.2, 0.25) is 0 Å². The smallest absolute Gasteiger partial charge is 0.260 e. The van der Waals surface area contributed by atoms with E-state index in [0.717, 1.165) is 30.5 Å². The molecule has 0 N–H and O–H groups in total. The lowest BCUT2D eigenvalue weighted by Crippen LogP contribution is -2.50. The third kappa shape index (κ3) is 3.59. The van der Waals surface area contributed by atoms with Gasteiger partial charge in [-0.15, -0.1) is 0 Å². The van der Waals surface area contributed by atoms with Crippen LogP contribution in [0.1, 0.15) is 46.9 Å². The Labute approximate surface area is 210 Å². The first kappa shape index (κ1) is 23.3. The molecule has 1 amide bonds. The highest BCUT2D eigenvalue weighted by molar-refractivity contribution is 5.98. The number of hydrogen-bond acceptors (Lipinski definition) is 5. The second-order valence-corrected chi connectivity index (χ2v) is 9.30. The molecule has 0 saturated carbocycles. The normalized spacial score (nSPS) is 18.6. The lowest BCUT2D eigenvalue weighted by Gasteiger charge is -2.45. The van der Waals surface area contributed by atoms with Gasteiger partial charge in [0.25, 0.3) is 5.91 Å². The zero-order valence-corrected chi connectivity index (χ0v) is 20.2. The number of carbonyl (C=O) groups is 1. The molecule has 1 saturated heterocycles. The molecule has 11 heteroatoms. The minimum atomic E-state index is -1.51. The van der Waals surface area contributed by atoms with Gasteiger partial charge in [-0.2, -0.15) is 10.2 Å². The van der Waals surface area contributed by atoms with Gasteiger partial charge in [-0.05, 0) is 43.9 Å². The minimum Gasteiger partial charge on any atom is -0.494 e.